The fourth-order valence-electron chi connectivity index (χ4n) is 4.16. The van der Waals surface area contributed by atoms with Gasteiger partial charge in [0.15, 0.2) is 0 Å². The highest BCUT2D eigenvalue weighted by molar-refractivity contribution is 7.88. The second-order valence-electron chi connectivity index (χ2n) is 8.10. The Morgan fingerprint density at radius 2 is 1.65 bits per heavy atom. The van der Waals surface area contributed by atoms with Gasteiger partial charge in [-0.05, 0) is 49.1 Å². The summed E-state index contributed by atoms with van der Waals surface area (Å²) in [6.45, 7) is 1.43. The first-order chi connectivity index (χ1) is 14.9. The molecule has 2 heterocycles. The summed E-state index contributed by atoms with van der Waals surface area (Å²) in [5.41, 5.74) is 2.29. The zero-order chi connectivity index (χ0) is 21.8. The van der Waals surface area contributed by atoms with Gasteiger partial charge in [-0.15, -0.1) is 0 Å². The van der Waals surface area contributed by atoms with Crippen molar-refractivity contribution in [1.82, 2.24) is 4.31 Å². The van der Waals surface area contributed by atoms with E-state index in [9.17, 15) is 18.0 Å². The molecular formula is C23H27N3O4S. The van der Waals surface area contributed by atoms with Crippen LogP contribution in [0.15, 0.2) is 54.6 Å². The van der Waals surface area contributed by atoms with E-state index in [-0.39, 0.29) is 23.5 Å². The predicted molar refractivity (Wildman–Crippen MR) is 120 cm³/mol. The Hall–Kier alpha value is -2.71. The van der Waals surface area contributed by atoms with Crippen molar-refractivity contribution in [2.24, 2.45) is 5.92 Å². The molecule has 0 radical (unpaired) electrons. The van der Waals surface area contributed by atoms with Crippen LogP contribution in [0.3, 0.4) is 0 Å². The van der Waals surface area contributed by atoms with E-state index >= 15 is 0 Å². The lowest BCUT2D eigenvalue weighted by Gasteiger charge is -2.30. The van der Waals surface area contributed by atoms with Crippen molar-refractivity contribution in [3.8, 4) is 0 Å². The molecule has 0 aromatic heterocycles. The second kappa shape index (κ2) is 9.20. The third kappa shape index (κ3) is 5.14. The van der Waals surface area contributed by atoms with E-state index in [1.54, 1.807) is 17.0 Å². The number of piperidine rings is 1. The average Bonchev–Trinajstić information content (AvgIpc) is 3.20. The van der Waals surface area contributed by atoms with Crippen molar-refractivity contribution in [2.45, 2.75) is 31.4 Å². The molecule has 0 spiro atoms. The van der Waals surface area contributed by atoms with Crippen molar-refractivity contribution < 1.29 is 18.0 Å². The number of hydrogen-bond donors (Lipinski definition) is 1. The fourth-order valence-corrected chi connectivity index (χ4v) is 5.73. The molecule has 2 amide bonds. The number of nitrogens with one attached hydrogen (secondary N) is 1. The highest BCUT2D eigenvalue weighted by Crippen LogP contribution is 2.25. The lowest BCUT2D eigenvalue weighted by molar-refractivity contribution is -0.121. The van der Waals surface area contributed by atoms with Crippen LogP contribution >= 0.6 is 0 Å². The quantitative estimate of drug-likeness (QED) is 0.747. The third-order valence-corrected chi connectivity index (χ3v) is 7.78. The molecule has 0 saturated carbocycles. The summed E-state index contributed by atoms with van der Waals surface area (Å²) in [5.74, 6) is -0.199. The number of benzene rings is 2. The first kappa shape index (κ1) is 21.5. The maximum atomic E-state index is 12.7. The molecule has 2 saturated heterocycles. The topological polar surface area (TPSA) is 86.8 Å². The van der Waals surface area contributed by atoms with Gasteiger partial charge in [0.2, 0.25) is 21.8 Å². The van der Waals surface area contributed by atoms with E-state index in [0.29, 0.717) is 38.0 Å². The molecule has 2 aromatic carbocycles. The van der Waals surface area contributed by atoms with Crippen LogP contribution < -0.4 is 10.2 Å². The Morgan fingerprint density at radius 1 is 0.968 bits per heavy atom. The lowest BCUT2D eigenvalue weighted by Crippen LogP contribution is -2.41. The summed E-state index contributed by atoms with van der Waals surface area (Å²) in [4.78, 5) is 26.3. The average molecular weight is 442 g/mol. The molecule has 0 aliphatic carbocycles. The summed E-state index contributed by atoms with van der Waals surface area (Å²) in [7, 11) is -3.39. The first-order valence-electron chi connectivity index (χ1n) is 10.7. The largest absolute Gasteiger partial charge is 0.326 e. The van der Waals surface area contributed by atoms with Crippen molar-refractivity contribution in [2.75, 3.05) is 29.9 Å². The molecule has 164 valence electrons. The number of anilines is 2. The Labute approximate surface area is 183 Å². The van der Waals surface area contributed by atoms with Crippen molar-refractivity contribution in [3.63, 3.8) is 0 Å². The van der Waals surface area contributed by atoms with Gasteiger partial charge >= 0.3 is 0 Å². The summed E-state index contributed by atoms with van der Waals surface area (Å²) >= 11 is 0. The van der Waals surface area contributed by atoms with Crippen LogP contribution in [0, 0.1) is 5.92 Å². The highest BCUT2D eigenvalue weighted by Gasteiger charge is 2.31. The summed E-state index contributed by atoms with van der Waals surface area (Å²) in [6.07, 6.45) is 2.45. The summed E-state index contributed by atoms with van der Waals surface area (Å²) in [6, 6.07) is 16.4. The monoisotopic (exact) mass is 441 g/mol. The van der Waals surface area contributed by atoms with Gasteiger partial charge in [0.1, 0.15) is 0 Å². The Bertz CT molecular complexity index is 1030. The smallest absolute Gasteiger partial charge is 0.227 e. The van der Waals surface area contributed by atoms with E-state index in [0.717, 1.165) is 24.2 Å². The van der Waals surface area contributed by atoms with Crippen molar-refractivity contribution >= 4 is 33.2 Å². The number of sulfonamides is 1. The molecule has 2 fully saturated rings. The minimum atomic E-state index is -3.39. The highest BCUT2D eigenvalue weighted by atomic mass is 32.2. The summed E-state index contributed by atoms with van der Waals surface area (Å²) in [5, 5.41) is 2.92. The lowest BCUT2D eigenvalue weighted by atomic mass is 9.97. The molecule has 8 heteroatoms. The van der Waals surface area contributed by atoms with E-state index < -0.39 is 10.0 Å². The van der Waals surface area contributed by atoms with Crippen LogP contribution in [-0.4, -0.2) is 44.2 Å². The van der Waals surface area contributed by atoms with Crippen LogP contribution in [0.4, 0.5) is 11.4 Å². The van der Waals surface area contributed by atoms with Crippen LogP contribution in [0.25, 0.3) is 0 Å². The van der Waals surface area contributed by atoms with E-state index in [1.165, 1.54) is 4.31 Å². The normalized spacial score (nSPS) is 18.3. The van der Waals surface area contributed by atoms with Crippen molar-refractivity contribution in [1.29, 1.82) is 0 Å². The molecular weight excluding hydrogens is 414 g/mol. The zero-order valence-corrected chi connectivity index (χ0v) is 18.2. The standard InChI is InChI=1S/C23H27N3O4S/c27-22-7-4-14-26(22)21-10-8-20(9-11-21)24-23(28)19-12-15-25(16-13-19)31(29,30)17-18-5-2-1-3-6-18/h1-3,5-6,8-11,19H,4,7,12-17H2,(H,24,28). The predicted octanol–water partition coefficient (Wildman–Crippen LogP) is 2.99. The first-order valence-corrected chi connectivity index (χ1v) is 12.3. The van der Waals surface area contributed by atoms with Gasteiger partial charge in [0.25, 0.3) is 0 Å². The number of carbonyl (C=O) groups is 2. The Morgan fingerprint density at radius 3 is 2.26 bits per heavy atom. The Balaban J connectivity index is 1.29. The molecule has 2 aromatic rings. The number of nitrogens with zero attached hydrogens (tertiary/aromatic N) is 2. The SMILES string of the molecule is O=C(Nc1ccc(N2CCCC2=O)cc1)C1CCN(S(=O)(=O)Cc2ccccc2)CC1. The molecule has 0 unspecified atom stereocenters. The molecule has 2 aliphatic rings. The van der Waals surface area contributed by atoms with Crippen LogP contribution in [0.5, 0.6) is 0 Å². The fraction of sp³-hybridized carbons (Fsp3) is 0.391. The third-order valence-electron chi connectivity index (χ3n) is 5.93. The molecule has 1 N–H and O–H groups in total. The molecule has 0 bridgehead atoms. The van der Waals surface area contributed by atoms with Gasteiger partial charge in [-0.2, -0.15) is 0 Å². The molecule has 31 heavy (non-hydrogen) atoms. The van der Waals surface area contributed by atoms with Crippen LogP contribution in [0.2, 0.25) is 0 Å². The summed E-state index contributed by atoms with van der Waals surface area (Å²) < 4.78 is 26.9. The van der Waals surface area contributed by atoms with Gasteiger partial charge in [0.05, 0.1) is 5.75 Å². The van der Waals surface area contributed by atoms with Gasteiger partial charge in [-0.25, -0.2) is 12.7 Å². The van der Waals surface area contributed by atoms with E-state index in [4.69, 9.17) is 0 Å². The van der Waals surface area contributed by atoms with Gasteiger partial charge in [-0.1, -0.05) is 30.3 Å². The minimum absolute atomic E-state index is 0.0173. The maximum Gasteiger partial charge on any atom is 0.227 e. The molecule has 4 rings (SSSR count). The van der Waals surface area contributed by atoms with Gasteiger partial charge in [0, 0.05) is 43.3 Å². The maximum absolute atomic E-state index is 12.7. The Kier molecular flexibility index (Phi) is 6.38. The van der Waals surface area contributed by atoms with Crippen molar-refractivity contribution in [3.05, 3.63) is 60.2 Å². The van der Waals surface area contributed by atoms with Gasteiger partial charge in [-0.3, -0.25) is 9.59 Å². The van der Waals surface area contributed by atoms with Crippen LogP contribution in [-0.2, 0) is 25.4 Å². The van der Waals surface area contributed by atoms with Gasteiger partial charge < -0.3 is 10.2 Å². The number of carbonyl (C=O) groups excluding carboxylic acids is 2. The number of rotatable bonds is 6. The minimum Gasteiger partial charge on any atom is -0.326 e. The molecule has 7 nitrogen and oxygen atoms in total. The van der Waals surface area contributed by atoms with E-state index in [1.807, 2.05) is 42.5 Å². The number of amides is 2. The second-order valence-corrected chi connectivity index (χ2v) is 10.1. The van der Waals surface area contributed by atoms with E-state index in [2.05, 4.69) is 5.32 Å². The molecule has 2 aliphatic heterocycles. The zero-order valence-electron chi connectivity index (χ0n) is 17.4. The van der Waals surface area contributed by atoms with Crippen LogP contribution in [0.1, 0.15) is 31.2 Å². The molecule has 0 atom stereocenters. The number of hydrogen-bond acceptors (Lipinski definition) is 4.